The third-order valence-electron chi connectivity index (χ3n) is 2.01. The van der Waals surface area contributed by atoms with Crippen LogP contribution in [0, 0.1) is 0 Å². The molecule has 1 amide bonds. The fourth-order valence-electron chi connectivity index (χ4n) is 1.04. The van der Waals surface area contributed by atoms with Crippen LogP contribution in [-0.2, 0) is 4.79 Å². The van der Waals surface area contributed by atoms with E-state index in [9.17, 15) is 15.0 Å². The van der Waals surface area contributed by atoms with E-state index in [0.29, 0.717) is 0 Å². The van der Waals surface area contributed by atoms with Gasteiger partial charge in [0.15, 0.2) is 17.2 Å². The number of rotatable bonds is 4. The van der Waals surface area contributed by atoms with Crippen molar-refractivity contribution in [3.8, 4) is 17.2 Å². The van der Waals surface area contributed by atoms with Gasteiger partial charge in [-0.2, -0.15) is 5.10 Å². The number of nitrogens with one attached hydrogen (secondary N) is 1. The van der Waals surface area contributed by atoms with Gasteiger partial charge < -0.3 is 26.2 Å². The summed E-state index contributed by atoms with van der Waals surface area (Å²) in [6.45, 7) is -0.512. The number of carbonyl (C=O) groups excluding carboxylic acids is 1. The molecular weight excluding hydrogens is 278 g/mol. The van der Waals surface area contributed by atoms with Crippen molar-refractivity contribution < 1.29 is 25.2 Å². The number of aliphatic hydroxyl groups is 1. The van der Waals surface area contributed by atoms with Crippen molar-refractivity contribution in [2.75, 3.05) is 6.61 Å². The Bertz CT molecular complexity index is 457. The van der Waals surface area contributed by atoms with Crippen molar-refractivity contribution in [3.63, 3.8) is 0 Å². The molecule has 0 spiro atoms. The number of hydrogen-bond donors (Lipinski definition) is 6. The molecule has 0 aliphatic carbocycles. The SMILES string of the molecule is Cl.NC(CO)C(=O)N/N=C/c1cc(O)c(O)c(O)c1. The summed E-state index contributed by atoms with van der Waals surface area (Å²) in [7, 11) is 0. The number of nitrogens with two attached hydrogens (primary N) is 1. The fourth-order valence-corrected chi connectivity index (χ4v) is 1.04. The fraction of sp³-hybridized carbons (Fsp3) is 0.200. The molecular formula is C10H14ClN3O5. The molecule has 8 nitrogen and oxygen atoms in total. The Morgan fingerprint density at radius 2 is 1.89 bits per heavy atom. The number of carbonyl (C=O) groups is 1. The Morgan fingerprint density at radius 3 is 2.37 bits per heavy atom. The third kappa shape index (κ3) is 4.62. The predicted octanol–water partition coefficient (Wildman–Crippen LogP) is -1.01. The number of aliphatic hydroxyl groups excluding tert-OH is 1. The maximum atomic E-state index is 11.1. The lowest BCUT2D eigenvalue weighted by Crippen LogP contribution is -2.40. The molecule has 1 unspecified atom stereocenters. The van der Waals surface area contributed by atoms with E-state index < -0.39 is 35.8 Å². The number of amides is 1. The first-order valence-corrected chi connectivity index (χ1v) is 4.90. The Morgan fingerprint density at radius 1 is 1.37 bits per heavy atom. The quantitative estimate of drug-likeness (QED) is 0.238. The monoisotopic (exact) mass is 291 g/mol. The molecule has 0 radical (unpaired) electrons. The van der Waals surface area contributed by atoms with Crippen molar-refractivity contribution in [1.29, 1.82) is 0 Å². The van der Waals surface area contributed by atoms with Crippen LogP contribution >= 0.6 is 12.4 Å². The molecule has 0 fully saturated rings. The molecule has 0 saturated heterocycles. The van der Waals surface area contributed by atoms with Crippen molar-refractivity contribution in [1.82, 2.24) is 5.43 Å². The molecule has 0 heterocycles. The lowest BCUT2D eigenvalue weighted by Gasteiger charge is -2.05. The van der Waals surface area contributed by atoms with Gasteiger partial charge in [0, 0.05) is 5.56 Å². The second-order valence-electron chi connectivity index (χ2n) is 3.43. The van der Waals surface area contributed by atoms with Gasteiger partial charge in [-0.25, -0.2) is 5.43 Å². The van der Waals surface area contributed by atoms with Gasteiger partial charge in [0.1, 0.15) is 6.04 Å². The van der Waals surface area contributed by atoms with Crippen molar-refractivity contribution in [3.05, 3.63) is 17.7 Å². The van der Waals surface area contributed by atoms with Crippen LogP contribution in [0.2, 0.25) is 0 Å². The minimum atomic E-state index is -1.08. The summed E-state index contributed by atoms with van der Waals surface area (Å²) in [5, 5.41) is 39.6. The number of nitrogens with zero attached hydrogens (tertiary/aromatic N) is 1. The zero-order chi connectivity index (χ0) is 13.7. The van der Waals surface area contributed by atoms with Crippen molar-refractivity contribution in [2.24, 2.45) is 10.8 Å². The van der Waals surface area contributed by atoms with Crippen LogP contribution in [-0.4, -0.2) is 45.2 Å². The van der Waals surface area contributed by atoms with E-state index in [-0.39, 0.29) is 18.0 Å². The van der Waals surface area contributed by atoms with E-state index in [1.807, 2.05) is 0 Å². The van der Waals surface area contributed by atoms with E-state index in [2.05, 4.69) is 10.5 Å². The zero-order valence-electron chi connectivity index (χ0n) is 9.65. The minimum Gasteiger partial charge on any atom is -0.504 e. The average Bonchev–Trinajstić information content (AvgIpc) is 2.34. The van der Waals surface area contributed by atoms with Crippen molar-refractivity contribution in [2.45, 2.75) is 6.04 Å². The van der Waals surface area contributed by atoms with Crippen LogP contribution in [0.4, 0.5) is 0 Å². The molecule has 0 saturated carbocycles. The summed E-state index contributed by atoms with van der Waals surface area (Å²) in [4.78, 5) is 11.1. The Hall–Kier alpha value is -2.03. The van der Waals surface area contributed by atoms with Gasteiger partial charge in [-0.05, 0) is 12.1 Å². The number of phenolic OH excluding ortho intramolecular Hbond substituents is 3. The largest absolute Gasteiger partial charge is 0.504 e. The van der Waals surface area contributed by atoms with Gasteiger partial charge in [-0.3, -0.25) is 4.79 Å². The van der Waals surface area contributed by atoms with Gasteiger partial charge >= 0.3 is 0 Å². The normalized spacial score (nSPS) is 11.9. The highest BCUT2D eigenvalue weighted by Gasteiger charge is 2.10. The molecule has 1 atom stereocenters. The van der Waals surface area contributed by atoms with Crippen LogP contribution in [0.5, 0.6) is 17.2 Å². The standard InChI is InChI=1S/C10H13N3O5.ClH/c11-6(4-14)10(18)13-12-3-5-1-7(15)9(17)8(16)2-5;/h1-3,6,14-17H,4,11H2,(H,13,18);1H/b12-3+;. The highest BCUT2D eigenvalue weighted by molar-refractivity contribution is 5.86. The molecule has 106 valence electrons. The Balaban J connectivity index is 0.00000324. The molecule has 0 aromatic heterocycles. The molecule has 1 aromatic rings. The van der Waals surface area contributed by atoms with Gasteiger partial charge in [0.2, 0.25) is 0 Å². The second-order valence-corrected chi connectivity index (χ2v) is 3.43. The second kappa shape index (κ2) is 7.41. The third-order valence-corrected chi connectivity index (χ3v) is 2.01. The van der Waals surface area contributed by atoms with E-state index in [4.69, 9.17) is 15.9 Å². The number of hydrazone groups is 1. The number of halogens is 1. The van der Waals surface area contributed by atoms with Crippen LogP contribution in [0.25, 0.3) is 0 Å². The molecule has 7 N–H and O–H groups in total. The van der Waals surface area contributed by atoms with Gasteiger partial charge in [-0.1, -0.05) is 0 Å². The molecule has 1 aromatic carbocycles. The summed E-state index contributed by atoms with van der Waals surface area (Å²) >= 11 is 0. The first-order chi connectivity index (χ1) is 8.45. The van der Waals surface area contributed by atoms with Gasteiger partial charge in [-0.15, -0.1) is 12.4 Å². The summed E-state index contributed by atoms with van der Waals surface area (Å²) < 4.78 is 0. The molecule has 0 aliphatic heterocycles. The summed E-state index contributed by atoms with van der Waals surface area (Å²) in [5.74, 6) is -2.36. The molecule has 0 aliphatic rings. The summed E-state index contributed by atoms with van der Waals surface area (Å²) in [6, 6.07) is 1.19. The maximum absolute atomic E-state index is 11.1. The average molecular weight is 292 g/mol. The van der Waals surface area contributed by atoms with Gasteiger partial charge in [0.05, 0.1) is 12.8 Å². The van der Waals surface area contributed by atoms with Crippen molar-refractivity contribution >= 4 is 24.5 Å². The molecule has 0 bridgehead atoms. The Kier molecular flexibility index (Phi) is 6.62. The lowest BCUT2D eigenvalue weighted by molar-refractivity contribution is -0.123. The Labute approximate surface area is 114 Å². The number of aromatic hydroxyl groups is 3. The predicted molar refractivity (Wildman–Crippen MR) is 69.5 cm³/mol. The highest BCUT2D eigenvalue weighted by atomic mass is 35.5. The van der Waals surface area contributed by atoms with Crippen LogP contribution in [0.3, 0.4) is 0 Å². The summed E-state index contributed by atoms with van der Waals surface area (Å²) in [5.41, 5.74) is 7.52. The maximum Gasteiger partial charge on any atom is 0.259 e. The van der Waals surface area contributed by atoms with Gasteiger partial charge in [0.25, 0.3) is 5.91 Å². The smallest absolute Gasteiger partial charge is 0.259 e. The molecule has 1 rings (SSSR count). The lowest BCUT2D eigenvalue weighted by atomic mass is 10.2. The first kappa shape index (κ1) is 17.0. The van der Waals surface area contributed by atoms with E-state index in [1.54, 1.807) is 0 Å². The first-order valence-electron chi connectivity index (χ1n) is 4.90. The number of benzene rings is 1. The molecule has 19 heavy (non-hydrogen) atoms. The zero-order valence-corrected chi connectivity index (χ0v) is 10.5. The molecule has 9 heteroatoms. The van der Waals surface area contributed by atoms with Crippen LogP contribution in [0.15, 0.2) is 17.2 Å². The van der Waals surface area contributed by atoms with E-state index >= 15 is 0 Å². The highest BCUT2D eigenvalue weighted by Crippen LogP contribution is 2.34. The van der Waals surface area contributed by atoms with Crippen LogP contribution < -0.4 is 11.2 Å². The van der Waals surface area contributed by atoms with E-state index in [0.717, 1.165) is 18.3 Å². The number of phenols is 3. The topological polar surface area (TPSA) is 148 Å². The van der Waals surface area contributed by atoms with E-state index in [1.165, 1.54) is 0 Å². The number of hydrogen-bond acceptors (Lipinski definition) is 7. The van der Waals surface area contributed by atoms with Crippen LogP contribution in [0.1, 0.15) is 5.56 Å². The summed E-state index contributed by atoms with van der Waals surface area (Å²) in [6.07, 6.45) is 1.13. The minimum absolute atomic E-state index is 0.